The molecule has 2 aliphatic rings. The number of aromatic nitrogens is 1. The number of hydrogen-bond donors (Lipinski definition) is 3. The van der Waals surface area contributed by atoms with Gasteiger partial charge in [-0.15, -0.1) is 0 Å². The van der Waals surface area contributed by atoms with E-state index in [1.807, 2.05) is 0 Å². The first kappa shape index (κ1) is 28.3. The number of hydrogen-bond acceptors (Lipinski definition) is 7. The molecule has 0 unspecified atom stereocenters. The highest BCUT2D eigenvalue weighted by atomic mass is 16.6. The van der Waals surface area contributed by atoms with Crippen molar-refractivity contribution in [2.75, 3.05) is 6.54 Å². The summed E-state index contributed by atoms with van der Waals surface area (Å²) < 4.78 is 5.38. The van der Waals surface area contributed by atoms with E-state index in [0.29, 0.717) is 18.7 Å². The molecule has 4 N–H and O–H groups in total. The average molecular weight is 513 g/mol. The van der Waals surface area contributed by atoms with Crippen LogP contribution in [0.15, 0.2) is 23.3 Å². The second-order valence-corrected chi connectivity index (χ2v) is 11.1. The second-order valence-electron chi connectivity index (χ2n) is 11.1. The van der Waals surface area contributed by atoms with E-state index in [0.717, 1.165) is 50.3 Å². The molecule has 2 atom stereocenters. The summed E-state index contributed by atoms with van der Waals surface area (Å²) in [5, 5.41) is 10.4. The smallest absolute Gasteiger partial charge is 0.349 e. The van der Waals surface area contributed by atoms with Crippen molar-refractivity contribution in [2.45, 2.75) is 96.4 Å². The zero-order valence-electron chi connectivity index (χ0n) is 22.4. The number of esters is 1. The predicted octanol–water partition coefficient (Wildman–Crippen LogP) is 2.72. The van der Waals surface area contributed by atoms with Crippen LogP contribution in [0, 0.1) is 11.3 Å². The molecule has 1 aromatic heterocycles. The Hall–Kier alpha value is -3.30. The quantitative estimate of drug-likeness (QED) is 0.277. The van der Waals surface area contributed by atoms with Crippen molar-refractivity contribution in [1.82, 2.24) is 15.2 Å². The summed E-state index contributed by atoms with van der Waals surface area (Å²) in [7, 11) is 0. The largest absolute Gasteiger partial charge is 0.456 e. The van der Waals surface area contributed by atoms with Gasteiger partial charge in [0.25, 0.3) is 5.91 Å². The molecular formula is C27H40N6O4. The van der Waals surface area contributed by atoms with Gasteiger partial charge < -0.3 is 20.7 Å². The molecule has 1 aliphatic carbocycles. The normalized spacial score (nSPS) is 20.4. The molecule has 2 heterocycles. The van der Waals surface area contributed by atoms with Crippen LogP contribution in [0.4, 0.5) is 0 Å². The Morgan fingerprint density at radius 3 is 2.46 bits per heavy atom. The molecule has 0 bridgehead atoms. The van der Waals surface area contributed by atoms with Crippen molar-refractivity contribution in [2.24, 2.45) is 16.6 Å². The molecule has 1 aromatic rings. The number of nitrogens with two attached hydrogens (primary N) is 1. The maximum absolute atomic E-state index is 14.0. The lowest BCUT2D eigenvalue weighted by molar-refractivity contribution is -0.146. The number of amidine groups is 1. The van der Waals surface area contributed by atoms with Gasteiger partial charge in [0.05, 0.1) is 0 Å². The molecule has 0 radical (unpaired) electrons. The van der Waals surface area contributed by atoms with Crippen LogP contribution in [0.3, 0.4) is 0 Å². The van der Waals surface area contributed by atoms with Gasteiger partial charge in [0.1, 0.15) is 34.9 Å². The summed E-state index contributed by atoms with van der Waals surface area (Å²) >= 11 is 0. The lowest BCUT2D eigenvalue weighted by atomic mass is 9.75. The number of nitrogens with one attached hydrogen (secondary N) is 2. The summed E-state index contributed by atoms with van der Waals surface area (Å²) in [5.74, 6) is -1.16. The van der Waals surface area contributed by atoms with Crippen molar-refractivity contribution in [1.29, 1.82) is 5.41 Å². The van der Waals surface area contributed by atoms with E-state index in [2.05, 4.69) is 15.3 Å². The first-order valence-electron chi connectivity index (χ1n) is 13.1. The minimum Gasteiger partial charge on any atom is -0.456 e. The topological polar surface area (TPSA) is 151 Å². The van der Waals surface area contributed by atoms with Gasteiger partial charge in [-0.3, -0.25) is 25.0 Å². The third-order valence-corrected chi connectivity index (χ3v) is 7.06. The number of ether oxygens (including phenoxy) is 1. The van der Waals surface area contributed by atoms with E-state index in [9.17, 15) is 14.4 Å². The standard InChI is InChI=1S/C27H40N6O4/c1-26(2,3)37-22(34)17-32-27(4,19-9-6-5-7-10-19)25(36)33-14-8-11-21(33)24(35)31-16-18-12-13-20(23(28)29)30-15-18/h12-13,15,17,19,21H,5-11,14,16H2,1-4H3,(H3,28,29)(H,31,35)/t21-,27+/m0/s1. The number of rotatable bonds is 8. The van der Waals surface area contributed by atoms with Gasteiger partial charge in [0.15, 0.2) is 0 Å². The van der Waals surface area contributed by atoms with Crippen LogP contribution in [0.2, 0.25) is 0 Å². The number of aliphatic imine (C=N–C) groups is 1. The fourth-order valence-electron chi connectivity index (χ4n) is 5.08. The van der Waals surface area contributed by atoms with Crippen LogP contribution in [-0.4, -0.2) is 63.4 Å². The Bertz CT molecular complexity index is 1030. The summed E-state index contributed by atoms with van der Waals surface area (Å²) in [6.07, 6.45) is 8.83. The first-order valence-corrected chi connectivity index (χ1v) is 13.1. The molecular weight excluding hydrogens is 472 g/mol. The SMILES string of the molecule is CC(C)(C)OC(=O)C=N[C@@](C)(C(=O)N1CCC[C@H]1C(=O)NCc1ccc(C(=N)N)nc1)C1CCCCC1. The summed E-state index contributed by atoms with van der Waals surface area (Å²) in [5.41, 5.74) is 4.78. The summed E-state index contributed by atoms with van der Waals surface area (Å²) in [6, 6.07) is 2.79. The van der Waals surface area contributed by atoms with Crippen LogP contribution in [0.5, 0.6) is 0 Å². The van der Waals surface area contributed by atoms with E-state index in [1.54, 1.807) is 50.9 Å². The Morgan fingerprint density at radius 2 is 1.86 bits per heavy atom. The Morgan fingerprint density at radius 1 is 1.16 bits per heavy atom. The minimum atomic E-state index is -1.15. The Labute approximate surface area is 218 Å². The van der Waals surface area contributed by atoms with Crippen LogP contribution in [0.25, 0.3) is 0 Å². The molecule has 10 nitrogen and oxygen atoms in total. The predicted molar refractivity (Wildman–Crippen MR) is 141 cm³/mol. The molecule has 10 heteroatoms. The first-order chi connectivity index (χ1) is 17.4. The monoisotopic (exact) mass is 512 g/mol. The van der Waals surface area contributed by atoms with Crippen molar-refractivity contribution in [3.63, 3.8) is 0 Å². The molecule has 0 aromatic carbocycles. The van der Waals surface area contributed by atoms with Crippen LogP contribution >= 0.6 is 0 Å². The van der Waals surface area contributed by atoms with Gasteiger partial charge in [-0.25, -0.2) is 4.79 Å². The molecule has 3 rings (SSSR count). The second kappa shape index (κ2) is 11.8. The molecule has 1 saturated heterocycles. The van der Waals surface area contributed by atoms with Gasteiger partial charge in [-0.1, -0.05) is 25.3 Å². The van der Waals surface area contributed by atoms with Crippen molar-refractivity contribution in [3.05, 3.63) is 29.6 Å². The van der Waals surface area contributed by atoms with Gasteiger partial charge in [-0.2, -0.15) is 0 Å². The van der Waals surface area contributed by atoms with E-state index in [4.69, 9.17) is 15.9 Å². The Balaban J connectivity index is 1.74. The molecule has 0 spiro atoms. The maximum Gasteiger partial charge on any atom is 0.349 e. The number of nitrogens with zero attached hydrogens (tertiary/aromatic N) is 3. The van der Waals surface area contributed by atoms with Crippen LogP contribution < -0.4 is 11.1 Å². The molecule has 1 aliphatic heterocycles. The zero-order valence-corrected chi connectivity index (χ0v) is 22.4. The average Bonchev–Trinajstić information content (AvgIpc) is 3.35. The lowest BCUT2D eigenvalue weighted by Crippen LogP contribution is -2.55. The molecule has 1 saturated carbocycles. The van der Waals surface area contributed by atoms with E-state index in [-0.39, 0.29) is 30.1 Å². The minimum absolute atomic E-state index is 0.0115. The van der Waals surface area contributed by atoms with E-state index >= 15 is 0 Å². The molecule has 202 valence electrons. The van der Waals surface area contributed by atoms with Crippen LogP contribution in [0.1, 0.15) is 83.9 Å². The zero-order chi connectivity index (χ0) is 27.2. The van der Waals surface area contributed by atoms with E-state index < -0.39 is 23.2 Å². The molecule has 37 heavy (non-hydrogen) atoms. The Kier molecular flexibility index (Phi) is 9.04. The number of likely N-dealkylation sites (tertiary alicyclic amines) is 1. The highest BCUT2D eigenvalue weighted by Gasteiger charge is 2.47. The molecule has 2 amide bonds. The number of pyridine rings is 1. The van der Waals surface area contributed by atoms with Gasteiger partial charge in [-0.05, 0) is 70.9 Å². The van der Waals surface area contributed by atoms with Crippen LogP contribution in [-0.2, 0) is 25.7 Å². The van der Waals surface area contributed by atoms with Crippen molar-refractivity contribution in [3.8, 4) is 0 Å². The van der Waals surface area contributed by atoms with Crippen molar-refractivity contribution < 1.29 is 19.1 Å². The number of carbonyl (C=O) groups is 3. The number of nitrogen functional groups attached to an aromatic ring is 1. The highest BCUT2D eigenvalue weighted by Crippen LogP contribution is 2.38. The van der Waals surface area contributed by atoms with Gasteiger partial charge >= 0.3 is 5.97 Å². The van der Waals surface area contributed by atoms with Gasteiger partial charge in [0, 0.05) is 19.3 Å². The third-order valence-electron chi connectivity index (χ3n) is 7.06. The number of carbonyl (C=O) groups excluding carboxylic acids is 3. The van der Waals surface area contributed by atoms with Crippen molar-refractivity contribution >= 4 is 29.8 Å². The molecule has 2 fully saturated rings. The lowest BCUT2D eigenvalue weighted by Gasteiger charge is -2.39. The summed E-state index contributed by atoms with van der Waals surface area (Å²) in [4.78, 5) is 49.8. The fraction of sp³-hybridized carbons (Fsp3) is 0.630. The number of amides is 2. The highest BCUT2D eigenvalue weighted by molar-refractivity contribution is 6.23. The maximum atomic E-state index is 14.0. The summed E-state index contributed by atoms with van der Waals surface area (Å²) in [6.45, 7) is 7.86. The van der Waals surface area contributed by atoms with E-state index in [1.165, 1.54) is 0 Å². The van der Waals surface area contributed by atoms with Gasteiger partial charge in [0.2, 0.25) is 5.91 Å². The third kappa shape index (κ3) is 7.36. The fourth-order valence-corrected chi connectivity index (χ4v) is 5.08.